The SMILES string of the molecule is COC(=O)CC(NC(=O)[C@@H]1CC[C@H](CN)O1)c1ccc(Br)cc1. The number of hydrogen-bond donors (Lipinski definition) is 2. The summed E-state index contributed by atoms with van der Waals surface area (Å²) in [6.07, 6.45) is 0.890. The highest BCUT2D eigenvalue weighted by molar-refractivity contribution is 9.10. The minimum atomic E-state index is -0.515. The molecular formula is C16H21BrN2O4. The van der Waals surface area contributed by atoms with E-state index in [2.05, 4.69) is 21.2 Å². The van der Waals surface area contributed by atoms with Gasteiger partial charge in [0, 0.05) is 11.0 Å². The third-order valence-corrected chi connectivity index (χ3v) is 4.38. The van der Waals surface area contributed by atoms with Crippen molar-refractivity contribution in [1.29, 1.82) is 0 Å². The van der Waals surface area contributed by atoms with Crippen LogP contribution in [0.1, 0.15) is 30.9 Å². The zero-order chi connectivity index (χ0) is 16.8. The van der Waals surface area contributed by atoms with Gasteiger partial charge in [0.1, 0.15) is 6.10 Å². The normalized spacial score (nSPS) is 21.7. The van der Waals surface area contributed by atoms with E-state index < -0.39 is 12.1 Å². The molecule has 6 nitrogen and oxygen atoms in total. The average Bonchev–Trinajstić information content (AvgIpc) is 3.04. The Labute approximate surface area is 143 Å². The van der Waals surface area contributed by atoms with Gasteiger partial charge in [0.25, 0.3) is 0 Å². The molecule has 7 heteroatoms. The number of hydrogen-bond acceptors (Lipinski definition) is 5. The van der Waals surface area contributed by atoms with E-state index in [9.17, 15) is 9.59 Å². The Morgan fingerprint density at radius 3 is 2.65 bits per heavy atom. The summed E-state index contributed by atoms with van der Waals surface area (Å²) in [4.78, 5) is 24.0. The molecule has 3 N–H and O–H groups in total. The average molecular weight is 385 g/mol. The molecule has 1 saturated heterocycles. The number of ether oxygens (including phenoxy) is 2. The standard InChI is InChI=1S/C16H21BrN2O4/c1-22-15(20)8-13(10-2-4-11(17)5-3-10)19-16(21)14-7-6-12(9-18)23-14/h2-5,12-14H,6-9,18H2,1H3,(H,19,21)/t12-,13?,14+/m1/s1. The summed E-state index contributed by atoms with van der Waals surface area (Å²) in [5, 5.41) is 2.88. The lowest BCUT2D eigenvalue weighted by Crippen LogP contribution is -2.38. The quantitative estimate of drug-likeness (QED) is 0.728. The molecule has 2 rings (SSSR count). The smallest absolute Gasteiger partial charge is 0.307 e. The number of carbonyl (C=O) groups is 2. The lowest BCUT2D eigenvalue weighted by Gasteiger charge is -2.21. The molecule has 0 radical (unpaired) electrons. The number of nitrogens with two attached hydrogens (primary N) is 1. The van der Waals surface area contributed by atoms with Crippen molar-refractivity contribution < 1.29 is 19.1 Å². The monoisotopic (exact) mass is 384 g/mol. The molecule has 126 valence electrons. The number of rotatable bonds is 6. The van der Waals surface area contributed by atoms with Crippen LogP contribution in [0.15, 0.2) is 28.7 Å². The van der Waals surface area contributed by atoms with Crippen LogP contribution in [0.5, 0.6) is 0 Å². The number of benzene rings is 1. The predicted octanol–water partition coefficient (Wildman–Crippen LogP) is 1.68. The summed E-state index contributed by atoms with van der Waals surface area (Å²) in [6, 6.07) is 6.99. The fourth-order valence-corrected chi connectivity index (χ4v) is 2.80. The minimum Gasteiger partial charge on any atom is -0.469 e. The Kier molecular flexibility index (Phi) is 6.56. The van der Waals surface area contributed by atoms with Gasteiger partial charge >= 0.3 is 5.97 Å². The number of esters is 1. The molecule has 1 heterocycles. The van der Waals surface area contributed by atoms with Gasteiger partial charge in [-0.25, -0.2) is 0 Å². The molecular weight excluding hydrogens is 364 g/mol. The van der Waals surface area contributed by atoms with Crippen LogP contribution >= 0.6 is 15.9 Å². The van der Waals surface area contributed by atoms with E-state index in [-0.39, 0.29) is 24.4 Å². The Hall–Kier alpha value is -1.44. The summed E-state index contributed by atoms with van der Waals surface area (Å²) in [5.74, 6) is -0.608. The maximum absolute atomic E-state index is 12.4. The maximum Gasteiger partial charge on any atom is 0.307 e. The van der Waals surface area contributed by atoms with Crippen LogP contribution in [-0.2, 0) is 19.1 Å². The van der Waals surface area contributed by atoms with Crippen LogP contribution in [0.3, 0.4) is 0 Å². The van der Waals surface area contributed by atoms with Crippen LogP contribution in [0, 0.1) is 0 Å². The molecule has 1 aromatic rings. The molecule has 1 aliphatic rings. The summed E-state index contributed by atoms with van der Waals surface area (Å²) in [7, 11) is 1.33. The predicted molar refractivity (Wildman–Crippen MR) is 88.6 cm³/mol. The molecule has 0 spiro atoms. The van der Waals surface area contributed by atoms with Crippen molar-refractivity contribution in [2.45, 2.75) is 37.5 Å². The lowest BCUT2D eigenvalue weighted by atomic mass is 10.0. The Morgan fingerprint density at radius 2 is 2.09 bits per heavy atom. The number of carbonyl (C=O) groups excluding carboxylic acids is 2. The Balaban J connectivity index is 2.06. The Morgan fingerprint density at radius 1 is 1.39 bits per heavy atom. The molecule has 1 amide bonds. The first kappa shape index (κ1) is 17.9. The van der Waals surface area contributed by atoms with E-state index >= 15 is 0 Å². The first-order chi connectivity index (χ1) is 11.0. The second-order valence-electron chi connectivity index (χ2n) is 5.45. The van der Waals surface area contributed by atoms with Crippen molar-refractivity contribution in [2.75, 3.05) is 13.7 Å². The number of nitrogens with one attached hydrogen (secondary N) is 1. The van der Waals surface area contributed by atoms with Crippen molar-refractivity contribution in [3.8, 4) is 0 Å². The van der Waals surface area contributed by atoms with Gasteiger partial charge in [-0.2, -0.15) is 0 Å². The minimum absolute atomic E-state index is 0.0664. The first-order valence-corrected chi connectivity index (χ1v) is 8.31. The van der Waals surface area contributed by atoms with E-state index in [1.54, 1.807) is 0 Å². The molecule has 0 aromatic heterocycles. The van der Waals surface area contributed by atoms with Gasteiger partial charge in [0.05, 0.1) is 25.7 Å². The van der Waals surface area contributed by atoms with Crippen molar-refractivity contribution in [1.82, 2.24) is 5.32 Å². The van der Waals surface area contributed by atoms with Crippen molar-refractivity contribution in [3.63, 3.8) is 0 Å². The van der Waals surface area contributed by atoms with Gasteiger partial charge < -0.3 is 20.5 Å². The van der Waals surface area contributed by atoms with Gasteiger partial charge in [-0.1, -0.05) is 28.1 Å². The molecule has 0 bridgehead atoms. The highest BCUT2D eigenvalue weighted by Gasteiger charge is 2.31. The van der Waals surface area contributed by atoms with Crippen LogP contribution in [0.4, 0.5) is 0 Å². The molecule has 1 aliphatic heterocycles. The molecule has 23 heavy (non-hydrogen) atoms. The van der Waals surface area contributed by atoms with Crippen LogP contribution < -0.4 is 11.1 Å². The summed E-state index contributed by atoms with van der Waals surface area (Å²) in [5.41, 5.74) is 6.40. The van der Waals surface area contributed by atoms with E-state index in [0.717, 1.165) is 16.5 Å². The van der Waals surface area contributed by atoms with E-state index in [4.69, 9.17) is 15.2 Å². The van der Waals surface area contributed by atoms with Crippen LogP contribution in [0.2, 0.25) is 0 Å². The van der Waals surface area contributed by atoms with Crippen molar-refractivity contribution >= 4 is 27.8 Å². The third kappa shape index (κ3) is 5.02. The second kappa shape index (κ2) is 8.42. The third-order valence-electron chi connectivity index (χ3n) is 3.85. The molecule has 3 atom stereocenters. The Bertz CT molecular complexity index is 550. The van der Waals surface area contributed by atoms with Crippen LogP contribution in [0.25, 0.3) is 0 Å². The molecule has 1 fully saturated rings. The zero-order valence-corrected chi connectivity index (χ0v) is 14.5. The summed E-state index contributed by atoms with van der Waals surface area (Å²) >= 11 is 3.37. The van der Waals surface area contributed by atoms with Crippen molar-refractivity contribution in [3.05, 3.63) is 34.3 Å². The second-order valence-corrected chi connectivity index (χ2v) is 6.37. The lowest BCUT2D eigenvalue weighted by molar-refractivity contribution is -0.141. The zero-order valence-electron chi connectivity index (χ0n) is 13.0. The van der Waals surface area contributed by atoms with E-state index in [1.165, 1.54) is 7.11 Å². The van der Waals surface area contributed by atoms with Gasteiger partial charge in [-0.05, 0) is 30.5 Å². The van der Waals surface area contributed by atoms with E-state index in [0.29, 0.717) is 13.0 Å². The van der Waals surface area contributed by atoms with Gasteiger partial charge in [-0.15, -0.1) is 0 Å². The highest BCUT2D eigenvalue weighted by Crippen LogP contribution is 2.23. The highest BCUT2D eigenvalue weighted by atomic mass is 79.9. The summed E-state index contributed by atoms with van der Waals surface area (Å²) < 4.78 is 11.2. The van der Waals surface area contributed by atoms with Crippen molar-refractivity contribution in [2.24, 2.45) is 5.73 Å². The first-order valence-electron chi connectivity index (χ1n) is 7.51. The molecule has 0 saturated carbocycles. The molecule has 1 aromatic carbocycles. The maximum atomic E-state index is 12.4. The number of amides is 1. The van der Waals surface area contributed by atoms with Crippen LogP contribution in [-0.4, -0.2) is 37.7 Å². The topological polar surface area (TPSA) is 90.7 Å². The number of methoxy groups -OCH3 is 1. The molecule has 0 aliphatic carbocycles. The fourth-order valence-electron chi connectivity index (χ4n) is 2.53. The van der Waals surface area contributed by atoms with Gasteiger partial charge in [0.15, 0.2) is 0 Å². The summed E-state index contributed by atoms with van der Waals surface area (Å²) in [6.45, 7) is 0.405. The number of halogens is 1. The van der Waals surface area contributed by atoms with Gasteiger partial charge in [0.2, 0.25) is 5.91 Å². The largest absolute Gasteiger partial charge is 0.469 e. The van der Waals surface area contributed by atoms with E-state index in [1.807, 2.05) is 24.3 Å². The fraction of sp³-hybridized carbons (Fsp3) is 0.500. The molecule has 1 unspecified atom stereocenters. The van der Waals surface area contributed by atoms with Gasteiger partial charge in [-0.3, -0.25) is 9.59 Å².